The molecular weight excluding hydrogens is 324 g/mol. The number of aromatic nitrogens is 3. The predicted molar refractivity (Wildman–Crippen MR) is 101 cm³/mol. The standard InChI is InChI=1S/C21H28N4O/c1-14-22-15(2)25(24-14)13-12-19(26)23-21-18-11-7-6-10-17(18)20(21)16-8-4-3-5-9-16/h3-5,8-9,17-18,20-21H,6-7,10-13H2,1-2H3,(H,23,26)/t17-,18+,20-,21-/m0/s1. The van der Waals surface area contributed by atoms with E-state index in [0.717, 1.165) is 17.6 Å². The van der Waals surface area contributed by atoms with Gasteiger partial charge < -0.3 is 5.32 Å². The molecule has 0 unspecified atom stereocenters. The highest BCUT2D eigenvalue weighted by atomic mass is 16.1. The molecule has 2 saturated carbocycles. The summed E-state index contributed by atoms with van der Waals surface area (Å²) in [5.74, 6) is 3.61. The number of fused-ring (bicyclic) bond motifs is 1. The molecule has 0 bridgehead atoms. The van der Waals surface area contributed by atoms with Crippen LogP contribution in [0.5, 0.6) is 0 Å². The van der Waals surface area contributed by atoms with Crippen LogP contribution in [-0.2, 0) is 11.3 Å². The predicted octanol–water partition coefficient (Wildman–Crippen LogP) is 3.37. The third-order valence-corrected chi connectivity index (χ3v) is 6.21. The van der Waals surface area contributed by atoms with Gasteiger partial charge in [0.1, 0.15) is 11.6 Å². The van der Waals surface area contributed by atoms with Gasteiger partial charge in [0.25, 0.3) is 0 Å². The van der Waals surface area contributed by atoms with Gasteiger partial charge in [0.05, 0.1) is 6.54 Å². The smallest absolute Gasteiger partial charge is 0.222 e. The maximum absolute atomic E-state index is 12.6. The fraction of sp³-hybridized carbons (Fsp3) is 0.571. The maximum atomic E-state index is 12.6. The summed E-state index contributed by atoms with van der Waals surface area (Å²) in [7, 11) is 0. The Hall–Kier alpha value is -2.17. The lowest BCUT2D eigenvalue weighted by atomic mass is 9.53. The van der Waals surface area contributed by atoms with E-state index in [1.54, 1.807) is 0 Å². The van der Waals surface area contributed by atoms with Crippen LogP contribution in [0.1, 0.15) is 55.2 Å². The van der Waals surface area contributed by atoms with E-state index in [9.17, 15) is 4.79 Å². The normalized spacial score (nSPS) is 27.5. The van der Waals surface area contributed by atoms with Crippen LogP contribution in [0.15, 0.2) is 30.3 Å². The summed E-state index contributed by atoms with van der Waals surface area (Å²) >= 11 is 0. The minimum atomic E-state index is 0.132. The van der Waals surface area contributed by atoms with Crippen LogP contribution in [0.3, 0.4) is 0 Å². The molecule has 1 aromatic heterocycles. The fourth-order valence-corrected chi connectivity index (χ4v) is 5.03. The molecule has 0 spiro atoms. The lowest BCUT2D eigenvalue weighted by Crippen LogP contribution is -2.59. The number of aryl methyl sites for hydroxylation is 3. The molecule has 1 N–H and O–H groups in total. The molecule has 138 valence electrons. The van der Waals surface area contributed by atoms with Gasteiger partial charge in [0.15, 0.2) is 0 Å². The van der Waals surface area contributed by atoms with E-state index in [4.69, 9.17) is 0 Å². The first-order valence-electron chi connectivity index (χ1n) is 9.86. The van der Waals surface area contributed by atoms with Gasteiger partial charge in [0, 0.05) is 18.4 Å². The number of amides is 1. The number of carbonyl (C=O) groups excluding carboxylic acids is 1. The zero-order valence-electron chi connectivity index (χ0n) is 15.7. The number of carbonyl (C=O) groups is 1. The monoisotopic (exact) mass is 352 g/mol. The fourth-order valence-electron chi connectivity index (χ4n) is 5.03. The molecule has 2 aromatic rings. The molecule has 2 aliphatic rings. The van der Waals surface area contributed by atoms with Gasteiger partial charge in [-0.25, -0.2) is 9.67 Å². The number of benzene rings is 1. The van der Waals surface area contributed by atoms with Gasteiger partial charge >= 0.3 is 0 Å². The Balaban J connectivity index is 1.41. The molecule has 1 aromatic carbocycles. The number of nitrogens with zero attached hydrogens (tertiary/aromatic N) is 3. The van der Waals surface area contributed by atoms with Gasteiger partial charge in [-0.05, 0) is 44.1 Å². The lowest BCUT2D eigenvalue weighted by Gasteiger charge is -2.55. The first-order chi connectivity index (χ1) is 12.6. The van der Waals surface area contributed by atoms with Crippen molar-refractivity contribution in [1.29, 1.82) is 0 Å². The highest BCUT2D eigenvalue weighted by Crippen LogP contribution is 2.54. The number of rotatable bonds is 5. The SMILES string of the molecule is Cc1nc(C)n(CCC(=O)N[C@H]2[C@@H]3CCCC[C@@H]3[C@@H]2c2ccccc2)n1. The Labute approximate surface area is 155 Å². The van der Waals surface area contributed by atoms with E-state index in [0.29, 0.717) is 24.8 Å². The molecule has 0 saturated heterocycles. The van der Waals surface area contributed by atoms with Crippen LogP contribution in [0.25, 0.3) is 0 Å². The van der Waals surface area contributed by atoms with Crippen molar-refractivity contribution in [3.63, 3.8) is 0 Å². The molecule has 26 heavy (non-hydrogen) atoms. The van der Waals surface area contributed by atoms with Crippen LogP contribution >= 0.6 is 0 Å². The molecule has 2 fully saturated rings. The average Bonchev–Trinajstić information content (AvgIpc) is 2.96. The summed E-state index contributed by atoms with van der Waals surface area (Å²) in [6.45, 7) is 4.41. The van der Waals surface area contributed by atoms with Crippen molar-refractivity contribution >= 4 is 5.91 Å². The first kappa shape index (κ1) is 17.3. The topological polar surface area (TPSA) is 59.8 Å². The minimum absolute atomic E-state index is 0.132. The number of hydrogen-bond acceptors (Lipinski definition) is 3. The van der Waals surface area contributed by atoms with E-state index in [-0.39, 0.29) is 11.9 Å². The van der Waals surface area contributed by atoms with Gasteiger partial charge in [-0.15, -0.1) is 0 Å². The van der Waals surface area contributed by atoms with Crippen LogP contribution in [-0.4, -0.2) is 26.7 Å². The summed E-state index contributed by atoms with van der Waals surface area (Å²) in [6, 6.07) is 11.0. The second-order valence-corrected chi connectivity index (χ2v) is 7.82. The van der Waals surface area contributed by atoms with E-state index < -0.39 is 0 Å². The molecule has 0 aliphatic heterocycles. The van der Waals surface area contributed by atoms with Crippen molar-refractivity contribution in [1.82, 2.24) is 20.1 Å². The maximum Gasteiger partial charge on any atom is 0.222 e. The van der Waals surface area contributed by atoms with Gasteiger partial charge in [-0.1, -0.05) is 43.2 Å². The highest BCUT2D eigenvalue weighted by molar-refractivity contribution is 5.76. The third-order valence-electron chi connectivity index (χ3n) is 6.21. The molecule has 4 rings (SSSR count). The van der Waals surface area contributed by atoms with Crippen molar-refractivity contribution < 1.29 is 4.79 Å². The van der Waals surface area contributed by atoms with Gasteiger partial charge in [-0.2, -0.15) is 5.10 Å². The summed E-state index contributed by atoms with van der Waals surface area (Å²) < 4.78 is 1.83. The van der Waals surface area contributed by atoms with E-state index in [2.05, 4.69) is 45.7 Å². The molecule has 5 heteroatoms. The van der Waals surface area contributed by atoms with Crippen LogP contribution < -0.4 is 5.32 Å². The third kappa shape index (κ3) is 3.27. The summed E-state index contributed by atoms with van der Waals surface area (Å²) in [5.41, 5.74) is 1.38. The van der Waals surface area contributed by atoms with E-state index in [1.165, 1.54) is 31.2 Å². The molecule has 2 aliphatic carbocycles. The number of nitrogens with one attached hydrogen (secondary N) is 1. The van der Waals surface area contributed by atoms with Crippen LogP contribution in [0, 0.1) is 25.7 Å². The lowest BCUT2D eigenvalue weighted by molar-refractivity contribution is -0.125. The Bertz CT molecular complexity index is 770. The van der Waals surface area contributed by atoms with E-state index >= 15 is 0 Å². The van der Waals surface area contributed by atoms with Crippen molar-refractivity contribution in [3.8, 4) is 0 Å². The zero-order chi connectivity index (χ0) is 18.1. The Morgan fingerprint density at radius 3 is 2.58 bits per heavy atom. The molecule has 4 atom stereocenters. The van der Waals surface area contributed by atoms with E-state index in [1.807, 2.05) is 18.5 Å². The molecule has 1 heterocycles. The molecule has 0 radical (unpaired) electrons. The van der Waals surface area contributed by atoms with Gasteiger partial charge in [0.2, 0.25) is 5.91 Å². The van der Waals surface area contributed by atoms with Crippen LogP contribution in [0.4, 0.5) is 0 Å². The van der Waals surface area contributed by atoms with Crippen molar-refractivity contribution in [3.05, 3.63) is 47.5 Å². The second kappa shape index (κ2) is 7.22. The van der Waals surface area contributed by atoms with Crippen LogP contribution in [0.2, 0.25) is 0 Å². The average molecular weight is 352 g/mol. The van der Waals surface area contributed by atoms with Gasteiger partial charge in [-0.3, -0.25) is 4.79 Å². The first-order valence-corrected chi connectivity index (χ1v) is 9.86. The minimum Gasteiger partial charge on any atom is -0.352 e. The zero-order valence-corrected chi connectivity index (χ0v) is 15.7. The summed E-state index contributed by atoms with van der Waals surface area (Å²) in [6.07, 6.45) is 5.63. The Morgan fingerprint density at radius 1 is 1.15 bits per heavy atom. The summed E-state index contributed by atoms with van der Waals surface area (Å²) in [5, 5.41) is 7.71. The largest absolute Gasteiger partial charge is 0.352 e. The van der Waals surface area contributed by atoms with Crippen molar-refractivity contribution in [2.45, 2.75) is 64.5 Å². The van der Waals surface area contributed by atoms with Crippen molar-refractivity contribution in [2.75, 3.05) is 0 Å². The highest BCUT2D eigenvalue weighted by Gasteiger charge is 2.51. The summed E-state index contributed by atoms with van der Waals surface area (Å²) in [4.78, 5) is 16.9. The quantitative estimate of drug-likeness (QED) is 0.897. The molecular formula is C21H28N4O. The Morgan fingerprint density at radius 2 is 1.88 bits per heavy atom. The second-order valence-electron chi connectivity index (χ2n) is 7.82. The Kier molecular flexibility index (Phi) is 4.79. The molecule has 1 amide bonds. The number of hydrogen-bond donors (Lipinski definition) is 1. The molecule has 5 nitrogen and oxygen atoms in total. The van der Waals surface area contributed by atoms with Crippen molar-refractivity contribution in [2.24, 2.45) is 11.8 Å².